The number of aliphatic carboxylic acids is 4. The molecule has 0 radical (unpaired) electrons. The largest absolute Gasteiger partial charge is 0.481 e. The molecule has 0 heterocycles. The molecule has 4 N–H and O–H groups in total. The Bertz CT molecular complexity index is 462. The molecule has 0 aromatic carbocycles. The van der Waals surface area contributed by atoms with Crippen LogP contribution >= 0.6 is 0 Å². The molecule has 0 aliphatic rings. The lowest BCUT2D eigenvalue weighted by atomic mass is 9.84. The number of hydrogen-bond donors (Lipinski definition) is 4. The Labute approximate surface area is 114 Å². The highest BCUT2D eigenvalue weighted by Crippen LogP contribution is 2.26. The first-order chi connectivity index (χ1) is 9.13. The van der Waals surface area contributed by atoms with Crippen LogP contribution in [0, 0.1) is 11.8 Å². The van der Waals surface area contributed by atoms with Crippen LogP contribution in [-0.4, -0.2) is 44.3 Å². The van der Waals surface area contributed by atoms with E-state index in [9.17, 15) is 19.2 Å². The minimum Gasteiger partial charge on any atom is -0.481 e. The minimum atomic E-state index is -1.57. The third kappa shape index (κ3) is 4.38. The number of hydrogen-bond acceptors (Lipinski definition) is 4. The summed E-state index contributed by atoms with van der Waals surface area (Å²) in [6.45, 7) is 2.50. The fourth-order valence-electron chi connectivity index (χ4n) is 1.78. The van der Waals surface area contributed by atoms with Crippen molar-refractivity contribution in [3.8, 4) is 0 Å². The van der Waals surface area contributed by atoms with Gasteiger partial charge in [-0.25, -0.2) is 9.59 Å². The predicted molar refractivity (Wildman–Crippen MR) is 65.1 cm³/mol. The molecule has 0 spiro atoms. The topological polar surface area (TPSA) is 149 Å². The van der Waals surface area contributed by atoms with Gasteiger partial charge >= 0.3 is 23.9 Å². The van der Waals surface area contributed by atoms with Crippen molar-refractivity contribution < 1.29 is 39.6 Å². The summed E-state index contributed by atoms with van der Waals surface area (Å²) in [6, 6.07) is 0. The van der Waals surface area contributed by atoms with Crippen LogP contribution in [0.25, 0.3) is 0 Å². The Morgan fingerprint density at radius 3 is 1.55 bits per heavy atom. The highest BCUT2D eigenvalue weighted by Gasteiger charge is 2.35. The summed E-state index contributed by atoms with van der Waals surface area (Å²) in [7, 11) is 0. The van der Waals surface area contributed by atoms with Gasteiger partial charge in [0.2, 0.25) is 0 Å². The fourth-order valence-corrected chi connectivity index (χ4v) is 1.78. The second-order valence-electron chi connectivity index (χ2n) is 4.22. The third-order valence-electron chi connectivity index (χ3n) is 3.02. The monoisotopic (exact) mass is 288 g/mol. The van der Waals surface area contributed by atoms with E-state index in [1.165, 1.54) is 6.92 Å². The van der Waals surface area contributed by atoms with Gasteiger partial charge < -0.3 is 20.4 Å². The van der Waals surface area contributed by atoms with Crippen molar-refractivity contribution in [1.82, 2.24) is 0 Å². The Balaban J connectivity index is 5.60. The molecule has 8 nitrogen and oxygen atoms in total. The second kappa shape index (κ2) is 7.27. The van der Waals surface area contributed by atoms with Gasteiger partial charge in [0.15, 0.2) is 0 Å². The van der Waals surface area contributed by atoms with Gasteiger partial charge in [-0.15, -0.1) is 0 Å². The zero-order valence-electron chi connectivity index (χ0n) is 11.0. The van der Waals surface area contributed by atoms with Crippen LogP contribution in [0.15, 0.2) is 11.1 Å². The van der Waals surface area contributed by atoms with Crippen LogP contribution in [0.1, 0.15) is 26.7 Å². The molecule has 0 fully saturated rings. The predicted octanol–water partition coefficient (Wildman–Crippen LogP) is 0.674. The highest BCUT2D eigenvalue weighted by molar-refractivity contribution is 5.99. The molecule has 0 aromatic rings. The van der Waals surface area contributed by atoms with Crippen molar-refractivity contribution in [3.05, 3.63) is 11.1 Å². The van der Waals surface area contributed by atoms with E-state index < -0.39 is 53.3 Å². The minimum absolute atomic E-state index is 0.00861. The lowest BCUT2D eigenvalue weighted by Gasteiger charge is -2.19. The van der Waals surface area contributed by atoms with Gasteiger partial charge in [-0.1, -0.05) is 6.92 Å². The maximum atomic E-state index is 11.1. The van der Waals surface area contributed by atoms with Gasteiger partial charge in [0, 0.05) is 11.1 Å². The van der Waals surface area contributed by atoms with Crippen LogP contribution in [0.5, 0.6) is 0 Å². The lowest BCUT2D eigenvalue weighted by Crippen LogP contribution is -2.31. The number of carboxylic acids is 4. The molecule has 2 unspecified atom stereocenters. The van der Waals surface area contributed by atoms with Gasteiger partial charge in [-0.2, -0.15) is 0 Å². The first-order valence-corrected chi connectivity index (χ1v) is 5.75. The molecule has 0 saturated carbocycles. The van der Waals surface area contributed by atoms with Crippen LogP contribution < -0.4 is 0 Å². The molecule has 2 atom stereocenters. The van der Waals surface area contributed by atoms with Crippen LogP contribution in [0.4, 0.5) is 0 Å². The van der Waals surface area contributed by atoms with E-state index in [1.54, 1.807) is 0 Å². The summed E-state index contributed by atoms with van der Waals surface area (Å²) in [6.07, 6.45) is -0.668. The van der Waals surface area contributed by atoms with E-state index in [-0.39, 0.29) is 6.42 Å². The molecule has 8 heteroatoms. The molecule has 0 bridgehead atoms. The second-order valence-corrected chi connectivity index (χ2v) is 4.22. The van der Waals surface area contributed by atoms with Crippen molar-refractivity contribution >= 4 is 23.9 Å². The SMILES string of the molecule is CCC(C(=O)O)C(CC(C(=O)O)=C(C)C(=O)O)C(=O)O. The van der Waals surface area contributed by atoms with E-state index in [1.807, 2.05) is 0 Å². The average molecular weight is 288 g/mol. The summed E-state index contributed by atoms with van der Waals surface area (Å²) in [5, 5.41) is 35.7. The van der Waals surface area contributed by atoms with E-state index in [0.29, 0.717) is 0 Å². The Morgan fingerprint density at radius 1 is 0.850 bits per heavy atom. The standard InChI is InChI=1S/C12H16O8/c1-3-6(10(15)16)8(12(19)20)4-7(11(17)18)5(2)9(13)14/h6,8H,3-4H2,1-2H3,(H,13,14)(H,15,16)(H,17,18)(H,19,20). The molecule has 0 amide bonds. The van der Waals surface area contributed by atoms with E-state index in [2.05, 4.69) is 0 Å². The number of carbonyl (C=O) groups is 4. The van der Waals surface area contributed by atoms with Gasteiger partial charge in [-0.05, 0) is 19.8 Å². The van der Waals surface area contributed by atoms with Crippen molar-refractivity contribution in [1.29, 1.82) is 0 Å². The smallest absolute Gasteiger partial charge is 0.332 e. The summed E-state index contributed by atoms with van der Waals surface area (Å²) in [5.41, 5.74) is -1.12. The third-order valence-corrected chi connectivity index (χ3v) is 3.02. The summed E-state index contributed by atoms with van der Waals surface area (Å²) < 4.78 is 0. The lowest BCUT2D eigenvalue weighted by molar-refractivity contribution is -0.154. The van der Waals surface area contributed by atoms with Crippen LogP contribution in [0.3, 0.4) is 0 Å². The average Bonchev–Trinajstić information content (AvgIpc) is 2.31. The maximum Gasteiger partial charge on any atom is 0.332 e. The van der Waals surface area contributed by atoms with Gasteiger partial charge in [0.25, 0.3) is 0 Å². The summed E-state index contributed by atoms with van der Waals surface area (Å²) in [4.78, 5) is 43.9. The zero-order chi connectivity index (χ0) is 16.0. The normalized spacial score (nSPS) is 14.9. The first-order valence-electron chi connectivity index (χ1n) is 5.75. The van der Waals surface area contributed by atoms with Crippen molar-refractivity contribution in [2.45, 2.75) is 26.7 Å². The first kappa shape index (κ1) is 17.6. The molecule has 20 heavy (non-hydrogen) atoms. The Morgan fingerprint density at radius 2 is 1.30 bits per heavy atom. The van der Waals surface area contributed by atoms with E-state index in [0.717, 1.165) is 6.92 Å². The molecule has 112 valence electrons. The summed E-state index contributed by atoms with van der Waals surface area (Å²) in [5.74, 6) is -8.69. The maximum absolute atomic E-state index is 11.1. The number of rotatable bonds is 8. The Kier molecular flexibility index (Phi) is 6.40. The quantitative estimate of drug-likeness (QED) is 0.476. The van der Waals surface area contributed by atoms with E-state index in [4.69, 9.17) is 20.4 Å². The van der Waals surface area contributed by atoms with Crippen molar-refractivity contribution in [2.24, 2.45) is 11.8 Å². The van der Waals surface area contributed by atoms with Crippen LogP contribution in [-0.2, 0) is 19.2 Å². The van der Waals surface area contributed by atoms with Gasteiger partial charge in [-0.3, -0.25) is 9.59 Å². The molecule has 0 aliphatic heterocycles. The fraction of sp³-hybridized carbons (Fsp3) is 0.500. The highest BCUT2D eigenvalue weighted by atomic mass is 16.4. The van der Waals surface area contributed by atoms with E-state index >= 15 is 0 Å². The van der Waals surface area contributed by atoms with Gasteiger partial charge in [0.1, 0.15) is 0 Å². The molecule has 0 saturated heterocycles. The molecular weight excluding hydrogens is 272 g/mol. The number of carboxylic acid groups (broad SMARTS) is 4. The summed E-state index contributed by atoms with van der Waals surface area (Å²) >= 11 is 0. The molecule has 0 aromatic heterocycles. The van der Waals surface area contributed by atoms with Gasteiger partial charge in [0.05, 0.1) is 11.8 Å². The Hall–Kier alpha value is -2.38. The molecular formula is C12H16O8. The molecule has 0 rings (SSSR count). The van der Waals surface area contributed by atoms with Crippen molar-refractivity contribution in [3.63, 3.8) is 0 Å². The van der Waals surface area contributed by atoms with Crippen molar-refractivity contribution in [2.75, 3.05) is 0 Å². The molecule has 0 aliphatic carbocycles. The zero-order valence-corrected chi connectivity index (χ0v) is 11.0. The van der Waals surface area contributed by atoms with Crippen LogP contribution in [0.2, 0.25) is 0 Å².